The standard InChI is InChI=1S/C8H16O3Si.C3H10O3Si.C3H8O/c1-3-8(9)10-6-5-7-12-11-4-2;1-4-7(5-2)6-3;1-3(2)4/h3H,1,4-7,12H2,2H3;7H,1-3H3;3-4H,1-2H3. The Kier molecular flexibility index (Phi) is 28.1. The maximum absolute atomic E-state index is 10.5. The maximum atomic E-state index is 10.5. The van der Waals surface area contributed by atoms with E-state index in [9.17, 15) is 4.79 Å². The number of carbonyl (C=O) groups is 1. The third-order valence-corrected chi connectivity index (χ3v) is 4.52. The molecular weight excluding hydrogens is 336 g/mol. The first-order valence-corrected chi connectivity index (χ1v) is 10.5. The first-order chi connectivity index (χ1) is 10.9. The molecule has 0 saturated heterocycles. The molecule has 0 bridgehead atoms. The van der Waals surface area contributed by atoms with Crippen LogP contribution in [-0.2, 0) is 27.2 Å². The van der Waals surface area contributed by atoms with Crippen molar-refractivity contribution in [3.8, 4) is 0 Å². The third-order valence-electron chi connectivity index (χ3n) is 1.88. The number of ether oxygens (including phenoxy) is 1. The molecule has 0 aromatic carbocycles. The highest BCUT2D eigenvalue weighted by Crippen LogP contribution is 1.91. The van der Waals surface area contributed by atoms with Crippen molar-refractivity contribution >= 4 is 25.3 Å². The van der Waals surface area contributed by atoms with Crippen molar-refractivity contribution in [3.63, 3.8) is 0 Å². The van der Waals surface area contributed by atoms with E-state index in [1.54, 1.807) is 35.2 Å². The Morgan fingerprint density at radius 1 is 1.26 bits per heavy atom. The van der Waals surface area contributed by atoms with Crippen LogP contribution >= 0.6 is 0 Å². The van der Waals surface area contributed by atoms with E-state index in [0.717, 1.165) is 19.1 Å². The summed E-state index contributed by atoms with van der Waals surface area (Å²) >= 11 is 0. The number of hydrogen-bond acceptors (Lipinski definition) is 7. The van der Waals surface area contributed by atoms with Gasteiger partial charge in [-0.1, -0.05) is 6.58 Å². The smallest absolute Gasteiger partial charge is 0.463 e. The van der Waals surface area contributed by atoms with Gasteiger partial charge in [0.25, 0.3) is 0 Å². The lowest BCUT2D eigenvalue weighted by Crippen LogP contribution is -2.21. The average Bonchev–Trinajstić information content (AvgIpc) is 2.52. The molecule has 0 amide bonds. The fraction of sp³-hybridized carbons (Fsp3) is 0.786. The maximum Gasteiger partial charge on any atom is 0.483 e. The molecule has 0 aliphatic carbocycles. The molecule has 0 aliphatic rings. The van der Waals surface area contributed by atoms with Crippen LogP contribution < -0.4 is 0 Å². The van der Waals surface area contributed by atoms with Crippen LogP contribution in [0.4, 0.5) is 0 Å². The van der Waals surface area contributed by atoms with Crippen molar-refractivity contribution in [2.24, 2.45) is 0 Å². The Hall–Kier alpha value is -0.556. The van der Waals surface area contributed by atoms with Gasteiger partial charge in [-0.15, -0.1) is 0 Å². The van der Waals surface area contributed by atoms with Gasteiger partial charge in [-0.2, -0.15) is 0 Å². The number of carbonyl (C=O) groups excluding carboxylic acids is 1. The minimum absolute atomic E-state index is 0.167. The van der Waals surface area contributed by atoms with Crippen LogP contribution in [0.15, 0.2) is 12.7 Å². The SMILES string of the molecule is C=CC(=O)OCCC[SiH2]OCC.CC(C)O.CO[SiH](OC)OC. The quantitative estimate of drug-likeness (QED) is 0.262. The van der Waals surface area contributed by atoms with Crippen LogP contribution in [0.3, 0.4) is 0 Å². The van der Waals surface area contributed by atoms with Crippen molar-refractivity contribution in [3.05, 3.63) is 12.7 Å². The minimum atomic E-state index is -1.67. The molecule has 9 heteroatoms. The van der Waals surface area contributed by atoms with E-state index in [-0.39, 0.29) is 21.8 Å². The zero-order chi connectivity index (χ0) is 18.5. The molecular formula is C14H34O7Si2. The van der Waals surface area contributed by atoms with Gasteiger partial charge in [0.1, 0.15) is 0 Å². The topological polar surface area (TPSA) is 83.5 Å². The Morgan fingerprint density at radius 2 is 1.74 bits per heavy atom. The summed E-state index contributed by atoms with van der Waals surface area (Å²) in [7, 11) is 2.69. The molecule has 140 valence electrons. The summed E-state index contributed by atoms with van der Waals surface area (Å²) in [5.41, 5.74) is 0. The summed E-state index contributed by atoms with van der Waals surface area (Å²) in [6.45, 7) is 10.0. The molecule has 0 aliphatic heterocycles. The van der Waals surface area contributed by atoms with Crippen molar-refractivity contribution in [1.82, 2.24) is 0 Å². The highest BCUT2D eigenvalue weighted by Gasteiger charge is 2.04. The Labute approximate surface area is 144 Å². The largest absolute Gasteiger partial charge is 0.483 e. The fourth-order valence-electron chi connectivity index (χ4n) is 0.971. The number of aliphatic hydroxyl groups is 1. The van der Waals surface area contributed by atoms with Crippen molar-refractivity contribution in [1.29, 1.82) is 0 Å². The molecule has 0 atom stereocenters. The second-order valence-corrected chi connectivity index (χ2v) is 7.88. The van der Waals surface area contributed by atoms with Crippen LogP contribution in [0.5, 0.6) is 0 Å². The normalized spacial score (nSPS) is 10.1. The van der Waals surface area contributed by atoms with Gasteiger partial charge < -0.3 is 27.5 Å². The molecule has 0 aromatic rings. The van der Waals surface area contributed by atoms with Gasteiger partial charge in [-0.3, -0.25) is 0 Å². The molecule has 0 unspecified atom stereocenters. The fourth-order valence-corrected chi connectivity index (χ4v) is 2.45. The zero-order valence-electron chi connectivity index (χ0n) is 15.4. The lowest BCUT2D eigenvalue weighted by molar-refractivity contribution is -0.137. The second-order valence-electron chi connectivity index (χ2n) is 4.37. The van der Waals surface area contributed by atoms with E-state index >= 15 is 0 Å². The number of aliphatic hydroxyl groups excluding tert-OH is 1. The Balaban J connectivity index is -0.000000307. The van der Waals surface area contributed by atoms with Crippen LogP contribution in [-0.4, -0.2) is 71.0 Å². The number of esters is 1. The van der Waals surface area contributed by atoms with Crippen LogP contribution in [0.2, 0.25) is 6.04 Å². The van der Waals surface area contributed by atoms with E-state index in [0.29, 0.717) is 6.61 Å². The van der Waals surface area contributed by atoms with Crippen molar-refractivity contribution < 1.29 is 32.3 Å². The zero-order valence-corrected chi connectivity index (χ0v) is 17.9. The summed E-state index contributed by atoms with van der Waals surface area (Å²) < 4.78 is 24.3. The molecule has 0 heterocycles. The molecule has 0 rings (SSSR count). The molecule has 1 N–H and O–H groups in total. The molecule has 7 nitrogen and oxygen atoms in total. The minimum Gasteiger partial charge on any atom is -0.463 e. The van der Waals surface area contributed by atoms with Gasteiger partial charge in [-0.25, -0.2) is 4.79 Å². The van der Waals surface area contributed by atoms with Gasteiger partial charge in [0.05, 0.1) is 6.61 Å². The van der Waals surface area contributed by atoms with E-state index < -0.39 is 9.53 Å². The van der Waals surface area contributed by atoms with Crippen molar-refractivity contribution in [2.45, 2.75) is 39.3 Å². The predicted octanol–water partition coefficient (Wildman–Crippen LogP) is 0.674. The van der Waals surface area contributed by atoms with Gasteiger partial charge in [0.15, 0.2) is 9.76 Å². The highest BCUT2D eigenvalue weighted by atomic mass is 28.3. The van der Waals surface area contributed by atoms with Gasteiger partial charge in [0.2, 0.25) is 0 Å². The first-order valence-electron chi connectivity index (χ1n) is 7.52. The van der Waals surface area contributed by atoms with E-state index in [1.165, 1.54) is 6.08 Å². The monoisotopic (exact) mass is 370 g/mol. The molecule has 0 radical (unpaired) electrons. The summed E-state index contributed by atoms with van der Waals surface area (Å²) in [4.78, 5) is 10.5. The molecule has 0 aromatic heterocycles. The Morgan fingerprint density at radius 3 is 2.04 bits per heavy atom. The van der Waals surface area contributed by atoms with Gasteiger partial charge >= 0.3 is 15.5 Å². The lowest BCUT2D eigenvalue weighted by atomic mass is 10.5. The second kappa shape index (κ2) is 23.7. The summed E-state index contributed by atoms with van der Waals surface area (Å²) in [5.74, 6) is -0.340. The summed E-state index contributed by atoms with van der Waals surface area (Å²) in [5, 5.41) is 8.06. The molecule has 0 fully saturated rings. The summed E-state index contributed by atoms with van der Waals surface area (Å²) in [6.07, 6.45) is 1.92. The Bertz CT molecular complexity index is 241. The van der Waals surface area contributed by atoms with Crippen LogP contribution in [0, 0.1) is 0 Å². The van der Waals surface area contributed by atoms with Crippen LogP contribution in [0.25, 0.3) is 0 Å². The third kappa shape index (κ3) is 34.0. The molecule has 0 spiro atoms. The van der Waals surface area contributed by atoms with Gasteiger partial charge in [-0.05, 0) is 33.2 Å². The highest BCUT2D eigenvalue weighted by molar-refractivity contribution is 6.36. The summed E-state index contributed by atoms with van der Waals surface area (Å²) in [6, 6.07) is 1.07. The van der Waals surface area contributed by atoms with Crippen molar-refractivity contribution in [2.75, 3.05) is 34.5 Å². The first kappa shape index (κ1) is 27.3. The number of hydrogen-bond donors (Lipinski definition) is 1. The van der Waals surface area contributed by atoms with E-state index in [4.69, 9.17) is 27.5 Å². The van der Waals surface area contributed by atoms with E-state index in [2.05, 4.69) is 6.58 Å². The van der Waals surface area contributed by atoms with Gasteiger partial charge in [0, 0.05) is 40.1 Å². The molecule has 23 heavy (non-hydrogen) atoms. The average molecular weight is 371 g/mol. The molecule has 0 saturated carbocycles. The lowest BCUT2D eigenvalue weighted by Gasteiger charge is -2.05. The number of rotatable bonds is 10. The van der Waals surface area contributed by atoms with Crippen LogP contribution in [0.1, 0.15) is 27.2 Å². The van der Waals surface area contributed by atoms with E-state index in [1.807, 2.05) is 6.92 Å². The predicted molar refractivity (Wildman–Crippen MR) is 96.3 cm³/mol.